The van der Waals surface area contributed by atoms with E-state index in [2.05, 4.69) is 25.4 Å². The number of halogens is 1. The van der Waals surface area contributed by atoms with Gasteiger partial charge >= 0.3 is 6.09 Å². The predicted molar refractivity (Wildman–Crippen MR) is 108 cm³/mol. The number of aromatic amines is 1. The zero-order valence-corrected chi connectivity index (χ0v) is 16.4. The maximum Gasteiger partial charge on any atom is 0.413 e. The summed E-state index contributed by atoms with van der Waals surface area (Å²) in [4.78, 5) is 24.3. The average molecular weight is 409 g/mol. The topological polar surface area (TPSA) is 124 Å². The van der Waals surface area contributed by atoms with Gasteiger partial charge in [-0.15, -0.1) is 0 Å². The number of nitrogens with zero attached hydrogens (tertiary/aromatic N) is 4. The molecule has 0 spiro atoms. The summed E-state index contributed by atoms with van der Waals surface area (Å²) in [6.45, 7) is 1.93. The quantitative estimate of drug-likeness (QED) is 0.478. The van der Waals surface area contributed by atoms with Gasteiger partial charge in [-0.3, -0.25) is 4.68 Å². The minimum Gasteiger partial charge on any atom is -0.406 e. The van der Waals surface area contributed by atoms with E-state index < -0.39 is 6.09 Å². The minimum atomic E-state index is -0.573. The van der Waals surface area contributed by atoms with Crippen LogP contribution < -0.4 is 15.8 Å². The molecular formula is C20H20FN7O2. The first-order valence-corrected chi connectivity index (χ1v) is 9.54. The fraction of sp³-hybridized carbons (Fsp3) is 0.300. The van der Waals surface area contributed by atoms with Crippen LogP contribution in [0.1, 0.15) is 19.8 Å². The first-order valence-electron chi connectivity index (χ1n) is 9.54. The van der Waals surface area contributed by atoms with Crippen LogP contribution in [0.15, 0.2) is 30.6 Å². The third kappa shape index (κ3) is 3.05. The molecule has 0 aliphatic heterocycles. The van der Waals surface area contributed by atoms with E-state index in [0.29, 0.717) is 40.9 Å². The van der Waals surface area contributed by atoms with E-state index in [0.717, 1.165) is 5.39 Å². The fourth-order valence-electron chi connectivity index (χ4n) is 4.05. The van der Waals surface area contributed by atoms with Crippen LogP contribution in [-0.4, -0.2) is 42.4 Å². The number of carbonyl (C=O) groups excluding carboxylic acids is 1. The van der Waals surface area contributed by atoms with E-state index in [1.54, 1.807) is 24.0 Å². The zero-order valence-electron chi connectivity index (χ0n) is 16.4. The van der Waals surface area contributed by atoms with Crippen LogP contribution in [0.2, 0.25) is 0 Å². The monoisotopic (exact) mass is 409 g/mol. The van der Waals surface area contributed by atoms with Gasteiger partial charge in [-0.05, 0) is 38.0 Å². The number of amides is 1. The number of aromatic nitrogens is 5. The van der Waals surface area contributed by atoms with Gasteiger partial charge in [0.25, 0.3) is 0 Å². The molecule has 0 bridgehead atoms. The van der Waals surface area contributed by atoms with Crippen LogP contribution in [0.4, 0.5) is 9.18 Å². The van der Waals surface area contributed by atoms with Gasteiger partial charge in [0.1, 0.15) is 17.2 Å². The molecule has 0 radical (unpaired) electrons. The summed E-state index contributed by atoms with van der Waals surface area (Å²) in [6, 6.07) is 4.55. The number of H-pyrrole nitrogens is 1. The summed E-state index contributed by atoms with van der Waals surface area (Å²) in [7, 11) is 1.74. The van der Waals surface area contributed by atoms with E-state index in [-0.39, 0.29) is 23.1 Å². The number of ether oxygens (including phenoxy) is 1. The third-order valence-corrected chi connectivity index (χ3v) is 5.43. The van der Waals surface area contributed by atoms with Crippen molar-refractivity contribution in [1.82, 2.24) is 30.0 Å². The Morgan fingerprint density at radius 2 is 2.23 bits per heavy atom. The number of benzene rings is 1. The lowest BCUT2D eigenvalue weighted by molar-refractivity contribution is 0.147. The molecule has 1 aromatic carbocycles. The average Bonchev–Trinajstić information content (AvgIpc) is 3.21. The molecule has 1 amide bonds. The van der Waals surface area contributed by atoms with Gasteiger partial charge < -0.3 is 20.8 Å². The molecule has 3 aromatic heterocycles. The highest BCUT2D eigenvalue weighted by atomic mass is 19.1. The van der Waals surface area contributed by atoms with Gasteiger partial charge in [-0.1, -0.05) is 0 Å². The number of hydrogen-bond donors (Lipinski definition) is 3. The lowest BCUT2D eigenvalue weighted by Gasteiger charge is -2.43. The summed E-state index contributed by atoms with van der Waals surface area (Å²) in [5, 5.41) is 8.06. The van der Waals surface area contributed by atoms with Crippen molar-refractivity contribution in [3.05, 3.63) is 36.4 Å². The van der Waals surface area contributed by atoms with Crippen molar-refractivity contribution in [2.24, 2.45) is 12.8 Å². The highest BCUT2D eigenvalue weighted by molar-refractivity contribution is 5.93. The van der Waals surface area contributed by atoms with Gasteiger partial charge in [0, 0.05) is 30.2 Å². The highest BCUT2D eigenvalue weighted by Gasteiger charge is 2.40. The van der Waals surface area contributed by atoms with E-state index in [9.17, 15) is 9.18 Å². The van der Waals surface area contributed by atoms with E-state index in [1.807, 2.05) is 6.92 Å². The van der Waals surface area contributed by atoms with Crippen molar-refractivity contribution < 1.29 is 13.9 Å². The number of fused-ring (bicyclic) bond motifs is 2. The number of nitrogens with two attached hydrogens (primary N) is 1. The molecule has 5 rings (SSSR count). The molecule has 30 heavy (non-hydrogen) atoms. The van der Waals surface area contributed by atoms with Crippen LogP contribution in [0.5, 0.6) is 5.75 Å². The third-order valence-electron chi connectivity index (χ3n) is 5.43. The fourth-order valence-corrected chi connectivity index (χ4v) is 4.05. The van der Waals surface area contributed by atoms with Crippen LogP contribution in [-0.2, 0) is 7.05 Å². The summed E-state index contributed by atoms with van der Waals surface area (Å²) in [5.74, 6) is -0.0811. The van der Waals surface area contributed by atoms with Crippen LogP contribution in [0, 0.1) is 5.82 Å². The molecule has 1 aliphatic rings. The van der Waals surface area contributed by atoms with Crippen molar-refractivity contribution in [3.8, 4) is 17.1 Å². The van der Waals surface area contributed by atoms with Gasteiger partial charge in [0.15, 0.2) is 16.9 Å². The standard InChI is InChI=1S/C20H20FN7O2/c1-20(6-11(22)7-20)26-19(29)30-15-9-24-18-17(15)25-13(8-23-18)16-12-4-3-10(21)5-14(12)28(2)27-16/h3-5,8-9,11H,6-7,22H2,1-2H3,(H,23,24)(H,26,29)/t11-,20+. The molecule has 0 atom stereocenters. The Morgan fingerprint density at radius 3 is 3.00 bits per heavy atom. The molecule has 1 fully saturated rings. The van der Waals surface area contributed by atoms with Gasteiger partial charge in [0.2, 0.25) is 0 Å². The Morgan fingerprint density at radius 1 is 1.43 bits per heavy atom. The van der Waals surface area contributed by atoms with Crippen molar-refractivity contribution in [2.45, 2.75) is 31.3 Å². The summed E-state index contributed by atoms with van der Waals surface area (Å²) in [5.41, 5.74) is 8.03. The maximum absolute atomic E-state index is 13.6. The summed E-state index contributed by atoms with van der Waals surface area (Å²) < 4.78 is 20.7. The Bertz CT molecular complexity index is 1290. The molecule has 1 aliphatic carbocycles. The number of hydrogen-bond acceptors (Lipinski definition) is 6. The highest BCUT2D eigenvalue weighted by Crippen LogP contribution is 2.32. The lowest BCUT2D eigenvalue weighted by Crippen LogP contribution is -2.60. The van der Waals surface area contributed by atoms with Gasteiger partial charge in [-0.25, -0.2) is 19.2 Å². The molecule has 9 nitrogen and oxygen atoms in total. The van der Waals surface area contributed by atoms with Crippen molar-refractivity contribution >= 4 is 28.2 Å². The second-order valence-electron chi connectivity index (χ2n) is 7.98. The molecule has 4 N–H and O–H groups in total. The van der Waals surface area contributed by atoms with E-state index in [1.165, 1.54) is 18.3 Å². The van der Waals surface area contributed by atoms with Crippen molar-refractivity contribution in [3.63, 3.8) is 0 Å². The first-order chi connectivity index (χ1) is 14.3. The smallest absolute Gasteiger partial charge is 0.406 e. The Labute approximate surface area is 170 Å². The second-order valence-corrected chi connectivity index (χ2v) is 7.98. The number of aryl methyl sites for hydroxylation is 1. The Hall–Kier alpha value is -3.53. The number of rotatable bonds is 3. The van der Waals surface area contributed by atoms with E-state index in [4.69, 9.17) is 10.5 Å². The molecule has 0 unspecified atom stereocenters. The van der Waals surface area contributed by atoms with Gasteiger partial charge in [-0.2, -0.15) is 5.10 Å². The molecular weight excluding hydrogens is 389 g/mol. The van der Waals surface area contributed by atoms with Gasteiger partial charge in [0.05, 0.1) is 11.7 Å². The van der Waals surface area contributed by atoms with E-state index >= 15 is 0 Å². The maximum atomic E-state index is 13.6. The number of carbonyl (C=O) groups is 1. The minimum absolute atomic E-state index is 0.0958. The van der Waals surface area contributed by atoms with Crippen molar-refractivity contribution in [2.75, 3.05) is 0 Å². The molecule has 4 aromatic rings. The first kappa shape index (κ1) is 18.5. The predicted octanol–water partition coefficient (Wildman–Crippen LogP) is 2.62. The Balaban J connectivity index is 1.47. The van der Waals surface area contributed by atoms with Crippen molar-refractivity contribution in [1.29, 1.82) is 0 Å². The summed E-state index contributed by atoms with van der Waals surface area (Å²) in [6.07, 6.45) is 3.94. The Kier molecular flexibility index (Phi) is 4.00. The molecule has 3 heterocycles. The molecule has 10 heteroatoms. The number of nitrogens with one attached hydrogen (secondary N) is 2. The molecule has 0 saturated heterocycles. The normalized spacial score (nSPS) is 21.0. The zero-order chi connectivity index (χ0) is 21.0. The lowest BCUT2D eigenvalue weighted by atomic mass is 9.75. The summed E-state index contributed by atoms with van der Waals surface area (Å²) >= 11 is 0. The second kappa shape index (κ2) is 6.49. The molecule has 154 valence electrons. The van der Waals surface area contributed by atoms with Crippen LogP contribution >= 0.6 is 0 Å². The molecule has 1 saturated carbocycles. The van der Waals surface area contributed by atoms with Crippen LogP contribution in [0.25, 0.3) is 33.5 Å². The largest absolute Gasteiger partial charge is 0.413 e. The SMILES string of the molecule is Cn1nc(-c2cnc3[nH]cc(OC(=O)N[C@]4(C)C[C@H](N)C4)c3n2)c2ccc(F)cc21. The van der Waals surface area contributed by atoms with Crippen LogP contribution in [0.3, 0.4) is 0 Å².